The Balaban J connectivity index is 1.13. The van der Waals surface area contributed by atoms with Gasteiger partial charge in [-0.1, -0.05) is 115 Å². The van der Waals surface area contributed by atoms with E-state index in [0.29, 0.717) is 0 Å². The molecule has 0 saturated heterocycles. The van der Waals surface area contributed by atoms with E-state index in [4.69, 9.17) is 8.83 Å². The maximum absolute atomic E-state index is 6.58. The normalized spacial score (nSPS) is 11.7. The Bertz CT molecular complexity index is 2840. The molecule has 3 heteroatoms. The Morgan fingerprint density at radius 2 is 0.939 bits per heavy atom. The molecule has 10 aromatic rings. The molecule has 0 atom stereocenters. The topological polar surface area (TPSA) is 29.5 Å². The molecule has 3 nitrogen and oxygen atoms in total. The minimum absolute atomic E-state index is 0.860. The molecular formula is C46H29NO2. The number of furan rings is 2. The summed E-state index contributed by atoms with van der Waals surface area (Å²) in [7, 11) is 0. The lowest BCUT2D eigenvalue weighted by Gasteiger charge is -2.26. The molecule has 10 rings (SSSR count). The van der Waals surface area contributed by atoms with Crippen molar-refractivity contribution in [3.05, 3.63) is 176 Å². The first kappa shape index (κ1) is 27.5. The van der Waals surface area contributed by atoms with E-state index >= 15 is 0 Å². The minimum atomic E-state index is 0.860. The molecule has 2 aromatic heterocycles. The Kier molecular flexibility index (Phi) is 6.18. The van der Waals surface area contributed by atoms with Gasteiger partial charge in [-0.05, 0) is 93.7 Å². The van der Waals surface area contributed by atoms with Crippen molar-refractivity contribution in [3.8, 4) is 22.3 Å². The SMILES string of the molecule is c1cc(-c2ccc3oc4ccccc4c3c2)cc(N(c2ccc(-c3ccc4ccccc4c3)cc2)c2cccc3c2oc2ccccc23)c1. The molecule has 8 aromatic carbocycles. The zero-order valence-corrected chi connectivity index (χ0v) is 26.5. The highest BCUT2D eigenvalue weighted by Gasteiger charge is 2.20. The van der Waals surface area contributed by atoms with Crippen LogP contribution >= 0.6 is 0 Å². The van der Waals surface area contributed by atoms with Crippen molar-refractivity contribution in [2.24, 2.45) is 0 Å². The summed E-state index contributed by atoms with van der Waals surface area (Å²) in [5.74, 6) is 0. The van der Waals surface area contributed by atoms with Crippen LogP contribution in [-0.4, -0.2) is 0 Å². The van der Waals surface area contributed by atoms with Crippen LogP contribution in [0, 0.1) is 0 Å². The fourth-order valence-electron chi connectivity index (χ4n) is 7.24. The van der Waals surface area contributed by atoms with Crippen LogP contribution in [0.4, 0.5) is 17.1 Å². The van der Waals surface area contributed by atoms with Gasteiger partial charge in [-0.2, -0.15) is 0 Å². The summed E-state index contributed by atoms with van der Waals surface area (Å²) in [4.78, 5) is 2.31. The van der Waals surface area contributed by atoms with Gasteiger partial charge >= 0.3 is 0 Å². The van der Waals surface area contributed by atoms with Gasteiger partial charge in [0.15, 0.2) is 5.58 Å². The Labute approximate surface area is 282 Å². The van der Waals surface area contributed by atoms with Gasteiger partial charge in [0.1, 0.15) is 16.7 Å². The van der Waals surface area contributed by atoms with Crippen molar-refractivity contribution in [1.82, 2.24) is 0 Å². The molecule has 49 heavy (non-hydrogen) atoms. The number of para-hydroxylation sites is 3. The molecule has 0 amide bonds. The Hall–Kier alpha value is -6.58. The van der Waals surface area contributed by atoms with E-state index in [0.717, 1.165) is 72.1 Å². The number of hydrogen-bond acceptors (Lipinski definition) is 3. The number of hydrogen-bond donors (Lipinski definition) is 0. The first-order chi connectivity index (χ1) is 24.3. The molecule has 230 valence electrons. The number of rotatable bonds is 5. The summed E-state index contributed by atoms with van der Waals surface area (Å²) in [6.07, 6.45) is 0. The highest BCUT2D eigenvalue weighted by Crippen LogP contribution is 2.43. The zero-order chi connectivity index (χ0) is 32.3. The number of benzene rings is 8. The van der Waals surface area contributed by atoms with Crippen LogP contribution in [0.5, 0.6) is 0 Å². The van der Waals surface area contributed by atoms with Crippen LogP contribution in [0.2, 0.25) is 0 Å². The third kappa shape index (κ3) is 4.59. The first-order valence-corrected chi connectivity index (χ1v) is 16.6. The van der Waals surface area contributed by atoms with Crippen LogP contribution < -0.4 is 4.90 Å². The van der Waals surface area contributed by atoms with Crippen LogP contribution in [0.15, 0.2) is 185 Å². The predicted octanol–water partition coefficient (Wildman–Crippen LogP) is 13.4. The molecule has 0 aliphatic carbocycles. The highest BCUT2D eigenvalue weighted by molar-refractivity contribution is 6.10. The quantitative estimate of drug-likeness (QED) is 0.190. The van der Waals surface area contributed by atoms with Gasteiger partial charge in [0.2, 0.25) is 0 Å². The standard InChI is InChI=1S/C46H29NO2/c1-2-10-32-27-34(20-19-30(32)9-1)31-21-24-36(25-22-31)47(42-16-8-15-40-38-13-3-6-18-44(38)49-46(40)42)37-12-7-11-33(28-37)35-23-26-45-41(29-35)39-14-4-5-17-43(39)48-45/h1-29H. The second-order valence-electron chi connectivity index (χ2n) is 12.6. The summed E-state index contributed by atoms with van der Waals surface area (Å²) in [6.45, 7) is 0. The second-order valence-corrected chi connectivity index (χ2v) is 12.6. The van der Waals surface area contributed by atoms with Crippen molar-refractivity contribution in [3.63, 3.8) is 0 Å². The lowest BCUT2D eigenvalue weighted by atomic mass is 10.00. The summed E-state index contributed by atoms with van der Waals surface area (Å²) < 4.78 is 12.7. The van der Waals surface area contributed by atoms with E-state index in [2.05, 4.69) is 157 Å². The molecule has 0 fully saturated rings. The molecule has 0 aliphatic heterocycles. The molecule has 0 radical (unpaired) electrons. The molecule has 2 heterocycles. The minimum Gasteiger partial charge on any atom is -0.456 e. The maximum Gasteiger partial charge on any atom is 0.159 e. The molecular weight excluding hydrogens is 599 g/mol. The Morgan fingerprint density at radius 3 is 1.80 bits per heavy atom. The van der Waals surface area contributed by atoms with Crippen LogP contribution in [0.3, 0.4) is 0 Å². The van der Waals surface area contributed by atoms with Crippen molar-refractivity contribution in [1.29, 1.82) is 0 Å². The monoisotopic (exact) mass is 627 g/mol. The molecule has 0 bridgehead atoms. The van der Waals surface area contributed by atoms with Crippen LogP contribution in [0.25, 0.3) is 76.9 Å². The molecule has 0 aliphatic rings. The van der Waals surface area contributed by atoms with Crippen molar-refractivity contribution >= 4 is 71.7 Å². The third-order valence-corrected chi connectivity index (χ3v) is 9.65. The largest absolute Gasteiger partial charge is 0.456 e. The van der Waals surface area contributed by atoms with Crippen LogP contribution in [-0.2, 0) is 0 Å². The van der Waals surface area contributed by atoms with Gasteiger partial charge in [-0.15, -0.1) is 0 Å². The van der Waals surface area contributed by atoms with E-state index in [9.17, 15) is 0 Å². The summed E-state index contributed by atoms with van der Waals surface area (Å²) in [6, 6.07) is 62.1. The second kappa shape index (κ2) is 11.0. The third-order valence-electron chi connectivity index (χ3n) is 9.65. The molecule has 0 spiro atoms. The van der Waals surface area contributed by atoms with Gasteiger partial charge in [-0.25, -0.2) is 0 Å². The van der Waals surface area contributed by atoms with E-state index < -0.39 is 0 Å². The number of nitrogens with zero attached hydrogens (tertiary/aromatic N) is 1. The van der Waals surface area contributed by atoms with Gasteiger partial charge in [0.25, 0.3) is 0 Å². The number of anilines is 3. The average molecular weight is 628 g/mol. The van der Waals surface area contributed by atoms with Gasteiger partial charge in [-0.3, -0.25) is 0 Å². The fraction of sp³-hybridized carbons (Fsp3) is 0. The van der Waals surface area contributed by atoms with Gasteiger partial charge in [0.05, 0.1) is 5.69 Å². The van der Waals surface area contributed by atoms with Gasteiger partial charge in [0, 0.05) is 32.9 Å². The predicted molar refractivity (Wildman–Crippen MR) is 204 cm³/mol. The molecule has 0 saturated carbocycles. The molecule has 0 unspecified atom stereocenters. The lowest BCUT2D eigenvalue weighted by molar-refractivity contribution is 0.668. The van der Waals surface area contributed by atoms with Crippen molar-refractivity contribution in [2.75, 3.05) is 4.90 Å². The molecule has 0 N–H and O–H groups in total. The summed E-state index contributed by atoms with van der Waals surface area (Å²) in [5, 5.41) is 6.93. The Morgan fingerprint density at radius 1 is 0.327 bits per heavy atom. The van der Waals surface area contributed by atoms with E-state index in [1.54, 1.807) is 0 Å². The summed E-state index contributed by atoms with van der Waals surface area (Å²) >= 11 is 0. The smallest absolute Gasteiger partial charge is 0.159 e. The fourth-order valence-corrected chi connectivity index (χ4v) is 7.24. The first-order valence-electron chi connectivity index (χ1n) is 16.6. The number of fused-ring (bicyclic) bond motifs is 7. The van der Waals surface area contributed by atoms with E-state index in [1.165, 1.54) is 21.9 Å². The van der Waals surface area contributed by atoms with Crippen molar-refractivity contribution in [2.45, 2.75) is 0 Å². The van der Waals surface area contributed by atoms with Crippen molar-refractivity contribution < 1.29 is 8.83 Å². The summed E-state index contributed by atoms with van der Waals surface area (Å²) in [5.41, 5.74) is 11.2. The van der Waals surface area contributed by atoms with E-state index in [-0.39, 0.29) is 0 Å². The van der Waals surface area contributed by atoms with Crippen LogP contribution in [0.1, 0.15) is 0 Å². The zero-order valence-electron chi connectivity index (χ0n) is 26.5. The average Bonchev–Trinajstić information content (AvgIpc) is 3.74. The van der Waals surface area contributed by atoms with E-state index in [1.807, 2.05) is 24.3 Å². The van der Waals surface area contributed by atoms with Gasteiger partial charge < -0.3 is 13.7 Å². The maximum atomic E-state index is 6.58. The lowest BCUT2D eigenvalue weighted by Crippen LogP contribution is -2.10. The highest BCUT2D eigenvalue weighted by atomic mass is 16.3.